The topological polar surface area (TPSA) is 306 Å². The number of aliphatic hydroxyl groups is 8. The molecule has 2 aromatic carbocycles. The summed E-state index contributed by atoms with van der Waals surface area (Å²) in [5.41, 5.74) is -0.544. The third kappa shape index (κ3) is 6.05. The second-order valence-electron chi connectivity index (χ2n) is 10.7. The maximum absolute atomic E-state index is 12.7. The van der Waals surface area contributed by atoms with Gasteiger partial charge in [0.15, 0.2) is 30.0 Å². The molecule has 0 amide bonds. The van der Waals surface area contributed by atoms with Crippen LogP contribution in [-0.4, -0.2) is 148 Å². The van der Waals surface area contributed by atoms with Gasteiger partial charge in [-0.1, -0.05) is 0 Å². The molecule has 248 valence electrons. The lowest BCUT2D eigenvalue weighted by Gasteiger charge is -2.42. The molecule has 0 aromatic heterocycles. The zero-order chi connectivity index (χ0) is 32.9. The van der Waals surface area contributed by atoms with E-state index in [1.807, 2.05) is 0 Å². The Morgan fingerprint density at radius 2 is 1.27 bits per heavy atom. The van der Waals surface area contributed by atoms with Gasteiger partial charge in [0.1, 0.15) is 71.6 Å². The zero-order valence-electron chi connectivity index (χ0n) is 23.0. The molecule has 2 fully saturated rings. The first-order valence-corrected chi connectivity index (χ1v) is 13.5. The normalized spacial score (nSPS) is 36.7. The molecule has 2 saturated heterocycles. The molecule has 0 aliphatic carbocycles. The number of phenols is 4. The van der Waals surface area contributed by atoms with Crippen molar-refractivity contribution in [3.63, 3.8) is 0 Å². The predicted octanol–water partition coefficient (Wildman–Crippen LogP) is -3.81. The van der Waals surface area contributed by atoms with Gasteiger partial charge in [-0.25, -0.2) is 0 Å². The van der Waals surface area contributed by atoms with Crippen LogP contribution < -0.4 is 9.47 Å². The van der Waals surface area contributed by atoms with E-state index < -0.39 is 121 Å². The SMILES string of the molecule is O=C1c2c(O)cc(O)cc2O[C@H](c2cc(O)c(O[C@@H]3O[C@@H](CO[C@@H]4O[C@@H](CO)[C@H](O)[C@@H](O)[C@@H]4O)[C@H](O)[C@@H](O)[C@@H]3O)c(O)c2)[C@H]1O. The summed E-state index contributed by atoms with van der Waals surface area (Å²) < 4.78 is 27.0. The molecule has 12 atom stereocenters. The minimum atomic E-state index is -1.96. The number of aliphatic hydroxyl groups excluding tert-OH is 8. The molecule has 0 spiro atoms. The highest BCUT2D eigenvalue weighted by Gasteiger charge is 2.48. The predicted molar refractivity (Wildman–Crippen MR) is 140 cm³/mol. The molecule has 2 aromatic rings. The summed E-state index contributed by atoms with van der Waals surface area (Å²) >= 11 is 0. The number of fused-ring (bicyclic) bond motifs is 1. The van der Waals surface area contributed by atoms with Crippen molar-refractivity contribution < 1.29 is 89.8 Å². The number of carbonyl (C=O) groups is 1. The quantitative estimate of drug-likeness (QED) is 0.137. The standard InChI is InChI=1S/C27H32O18/c28-5-13-16(33)19(36)22(39)26(43-13)41-6-14-17(34)20(37)23(40)27(44-14)45-25-10(31)1-7(2-11(25)32)24-21(38)18(35)15-9(30)3-8(29)4-12(15)42-24/h1-4,13-14,16-17,19-24,26-34,36-40H,5-6H2/t13-,14-,16-,17-,19+,20+,21-,22-,23-,24+,26+,27-/m0/s1. The van der Waals surface area contributed by atoms with Gasteiger partial charge in [0, 0.05) is 17.7 Å². The van der Waals surface area contributed by atoms with Crippen LogP contribution in [0.5, 0.6) is 34.5 Å². The molecule has 0 saturated carbocycles. The smallest absolute Gasteiger partial charge is 0.229 e. The summed E-state index contributed by atoms with van der Waals surface area (Å²) in [6.45, 7) is -1.40. The Labute approximate surface area is 252 Å². The van der Waals surface area contributed by atoms with Crippen LogP contribution in [0.4, 0.5) is 0 Å². The summed E-state index contributed by atoms with van der Waals surface area (Å²) in [5, 5.41) is 122. The average molecular weight is 645 g/mol. The number of aromatic hydroxyl groups is 4. The molecule has 3 aliphatic heterocycles. The first-order chi connectivity index (χ1) is 21.2. The molecule has 45 heavy (non-hydrogen) atoms. The lowest BCUT2D eigenvalue weighted by molar-refractivity contribution is -0.323. The van der Waals surface area contributed by atoms with Crippen LogP contribution in [0, 0.1) is 0 Å². The Bertz CT molecular complexity index is 1380. The Morgan fingerprint density at radius 1 is 0.689 bits per heavy atom. The maximum Gasteiger partial charge on any atom is 0.229 e. The molecular weight excluding hydrogens is 612 g/mol. The monoisotopic (exact) mass is 644 g/mol. The minimum absolute atomic E-state index is 0.155. The fraction of sp³-hybridized carbons (Fsp3) is 0.519. The van der Waals surface area contributed by atoms with E-state index in [-0.39, 0.29) is 16.9 Å². The van der Waals surface area contributed by atoms with Gasteiger partial charge in [-0.3, -0.25) is 4.79 Å². The number of Topliss-reactive ketones (excluding diaryl/α,β-unsaturated/α-hetero) is 1. The molecule has 0 unspecified atom stereocenters. The molecule has 18 nitrogen and oxygen atoms in total. The van der Waals surface area contributed by atoms with Crippen molar-refractivity contribution in [1.29, 1.82) is 0 Å². The number of phenolic OH excluding ortho intramolecular Hbond substituents is 4. The molecule has 5 rings (SSSR count). The number of ketones is 1. The maximum atomic E-state index is 12.7. The number of ether oxygens (including phenoxy) is 5. The van der Waals surface area contributed by atoms with Crippen molar-refractivity contribution >= 4 is 5.78 Å². The van der Waals surface area contributed by atoms with Crippen LogP contribution in [0.25, 0.3) is 0 Å². The summed E-state index contributed by atoms with van der Waals surface area (Å²) in [6, 6.07) is 3.76. The molecule has 18 heteroatoms. The molecular formula is C27H32O18. The van der Waals surface area contributed by atoms with Crippen LogP contribution in [0.15, 0.2) is 24.3 Å². The number of hydrogen-bond acceptors (Lipinski definition) is 18. The van der Waals surface area contributed by atoms with Gasteiger partial charge in [0.2, 0.25) is 17.8 Å². The van der Waals surface area contributed by atoms with Gasteiger partial charge >= 0.3 is 0 Å². The average Bonchev–Trinajstić information content (AvgIpc) is 2.99. The van der Waals surface area contributed by atoms with E-state index in [2.05, 4.69) is 0 Å². The van der Waals surface area contributed by atoms with Gasteiger partial charge in [0.05, 0.1) is 13.2 Å². The van der Waals surface area contributed by atoms with Crippen molar-refractivity contribution in [2.45, 2.75) is 73.6 Å². The van der Waals surface area contributed by atoms with E-state index in [9.17, 15) is 66.1 Å². The first-order valence-electron chi connectivity index (χ1n) is 13.5. The fourth-order valence-corrected chi connectivity index (χ4v) is 5.23. The van der Waals surface area contributed by atoms with Crippen molar-refractivity contribution in [2.75, 3.05) is 13.2 Å². The Balaban J connectivity index is 1.31. The van der Waals surface area contributed by atoms with E-state index in [0.717, 1.165) is 24.3 Å². The second-order valence-corrected chi connectivity index (χ2v) is 10.7. The van der Waals surface area contributed by atoms with E-state index in [4.69, 9.17) is 23.7 Å². The van der Waals surface area contributed by atoms with Crippen LogP contribution in [-0.2, 0) is 14.2 Å². The van der Waals surface area contributed by atoms with E-state index in [1.165, 1.54) is 0 Å². The van der Waals surface area contributed by atoms with Crippen LogP contribution >= 0.6 is 0 Å². The van der Waals surface area contributed by atoms with E-state index in [0.29, 0.717) is 0 Å². The van der Waals surface area contributed by atoms with Crippen LogP contribution in [0.3, 0.4) is 0 Å². The highest BCUT2D eigenvalue weighted by molar-refractivity contribution is 6.05. The van der Waals surface area contributed by atoms with Crippen molar-refractivity contribution in [3.05, 3.63) is 35.4 Å². The summed E-state index contributed by atoms with van der Waals surface area (Å²) in [6.07, 6.45) is -20.6. The number of hydrogen-bond donors (Lipinski definition) is 12. The van der Waals surface area contributed by atoms with Gasteiger partial charge < -0.3 is 85.0 Å². The van der Waals surface area contributed by atoms with Gasteiger partial charge in [-0.2, -0.15) is 0 Å². The summed E-state index contributed by atoms with van der Waals surface area (Å²) in [5.74, 6) is -4.67. The van der Waals surface area contributed by atoms with Gasteiger partial charge in [-0.05, 0) is 12.1 Å². The Kier molecular flexibility index (Phi) is 9.27. The fourth-order valence-electron chi connectivity index (χ4n) is 5.23. The number of benzene rings is 2. The lowest BCUT2D eigenvalue weighted by atomic mass is 9.92. The largest absolute Gasteiger partial charge is 0.508 e. The molecule has 3 heterocycles. The molecule has 0 bridgehead atoms. The number of carbonyl (C=O) groups excluding carboxylic acids is 1. The van der Waals surface area contributed by atoms with Crippen molar-refractivity contribution in [3.8, 4) is 34.5 Å². The first kappa shape index (κ1) is 32.9. The Morgan fingerprint density at radius 3 is 1.89 bits per heavy atom. The lowest BCUT2D eigenvalue weighted by Crippen LogP contribution is -2.62. The van der Waals surface area contributed by atoms with Crippen molar-refractivity contribution in [1.82, 2.24) is 0 Å². The van der Waals surface area contributed by atoms with E-state index >= 15 is 0 Å². The molecule has 12 N–H and O–H groups in total. The molecule has 0 radical (unpaired) electrons. The van der Waals surface area contributed by atoms with Gasteiger partial charge in [-0.15, -0.1) is 0 Å². The Hall–Kier alpha value is -3.53. The second kappa shape index (κ2) is 12.7. The van der Waals surface area contributed by atoms with Crippen LogP contribution in [0.2, 0.25) is 0 Å². The van der Waals surface area contributed by atoms with E-state index in [1.54, 1.807) is 0 Å². The van der Waals surface area contributed by atoms with Crippen molar-refractivity contribution in [2.24, 2.45) is 0 Å². The molecule has 3 aliphatic rings. The summed E-state index contributed by atoms with van der Waals surface area (Å²) in [7, 11) is 0. The zero-order valence-corrected chi connectivity index (χ0v) is 23.0. The number of rotatable bonds is 7. The van der Waals surface area contributed by atoms with Crippen LogP contribution in [0.1, 0.15) is 22.0 Å². The highest BCUT2D eigenvalue weighted by Crippen LogP contribution is 2.45. The summed E-state index contributed by atoms with van der Waals surface area (Å²) in [4.78, 5) is 12.7. The minimum Gasteiger partial charge on any atom is -0.508 e. The third-order valence-corrected chi connectivity index (χ3v) is 7.70. The highest BCUT2D eigenvalue weighted by atomic mass is 16.7. The van der Waals surface area contributed by atoms with Gasteiger partial charge in [0.25, 0.3) is 0 Å². The third-order valence-electron chi connectivity index (χ3n) is 7.70.